The zero-order valence-electron chi connectivity index (χ0n) is 14.0. The maximum atomic E-state index is 11.3. The monoisotopic (exact) mass is 355 g/mol. The molecule has 0 fully saturated rings. The third-order valence-corrected chi connectivity index (χ3v) is 3.61. The second kappa shape index (κ2) is 7.66. The van der Waals surface area contributed by atoms with Crippen LogP contribution in [-0.2, 0) is 0 Å². The van der Waals surface area contributed by atoms with Gasteiger partial charge in [0.05, 0.1) is 31.3 Å². The zero-order chi connectivity index (χ0) is 18.5. The van der Waals surface area contributed by atoms with E-state index in [1.165, 1.54) is 17.9 Å². The first-order valence-corrected chi connectivity index (χ1v) is 7.80. The Morgan fingerprint density at radius 1 is 1.19 bits per heavy atom. The molecular weight excluding hydrogens is 338 g/mol. The van der Waals surface area contributed by atoms with Gasteiger partial charge in [-0.25, -0.2) is 14.5 Å². The van der Waals surface area contributed by atoms with E-state index in [4.69, 9.17) is 14.6 Å². The van der Waals surface area contributed by atoms with E-state index in [0.29, 0.717) is 23.0 Å². The Morgan fingerprint density at radius 3 is 2.54 bits per heavy atom. The summed E-state index contributed by atoms with van der Waals surface area (Å²) in [6.45, 7) is 0.138. The summed E-state index contributed by atoms with van der Waals surface area (Å²) in [5.41, 5.74) is 1.89. The number of carboxylic acids is 1. The lowest BCUT2D eigenvalue weighted by Crippen LogP contribution is -2.03. The Balaban J connectivity index is 2.00. The first-order valence-electron chi connectivity index (χ1n) is 7.80. The van der Waals surface area contributed by atoms with Crippen LogP contribution < -0.4 is 9.47 Å². The molecule has 0 aliphatic heterocycles. The van der Waals surface area contributed by atoms with E-state index in [2.05, 4.69) is 10.1 Å². The van der Waals surface area contributed by atoms with Crippen molar-refractivity contribution in [1.82, 2.24) is 14.8 Å². The largest absolute Gasteiger partial charge is 0.491 e. The van der Waals surface area contributed by atoms with Crippen molar-refractivity contribution in [2.45, 2.75) is 0 Å². The average molecular weight is 355 g/mol. The minimum atomic E-state index is -1.12. The number of nitrogens with zero attached hydrogens (tertiary/aromatic N) is 3. The molecule has 0 atom stereocenters. The molecule has 0 saturated carbocycles. The van der Waals surface area contributed by atoms with E-state index >= 15 is 0 Å². The molecule has 0 spiro atoms. The minimum Gasteiger partial charge on any atom is -0.491 e. The number of methoxy groups -OCH3 is 1. The van der Waals surface area contributed by atoms with Crippen molar-refractivity contribution in [1.29, 1.82) is 0 Å². The Bertz CT molecular complexity index is 888. The smallest absolute Gasteiger partial charge is 0.356 e. The summed E-state index contributed by atoms with van der Waals surface area (Å²) in [7, 11) is 1.52. The van der Waals surface area contributed by atoms with Gasteiger partial charge in [0.25, 0.3) is 0 Å². The summed E-state index contributed by atoms with van der Waals surface area (Å²) in [5, 5.41) is 22.2. The van der Waals surface area contributed by atoms with Gasteiger partial charge in [-0.05, 0) is 36.4 Å². The summed E-state index contributed by atoms with van der Waals surface area (Å²) in [6, 6.07) is 12.0. The molecule has 0 radical (unpaired) electrons. The molecule has 1 aromatic carbocycles. The second-order valence-electron chi connectivity index (χ2n) is 5.29. The molecular formula is C18H17N3O5. The van der Waals surface area contributed by atoms with E-state index < -0.39 is 5.97 Å². The fourth-order valence-electron chi connectivity index (χ4n) is 2.39. The molecule has 3 aromatic rings. The zero-order valence-corrected chi connectivity index (χ0v) is 14.0. The highest BCUT2D eigenvalue weighted by Crippen LogP contribution is 2.26. The standard InChI is InChI=1S/C18H17N3O5/c1-25-17-7-4-13(11-19-17)21-16(10-15(20-21)18(23)24)12-2-5-14(6-3-12)26-9-8-22/h2-7,10-11,22H,8-9H2,1H3,(H,23,24). The Hall–Kier alpha value is -3.39. The highest BCUT2D eigenvalue weighted by molar-refractivity contribution is 5.87. The molecule has 0 amide bonds. The van der Waals surface area contributed by atoms with Crippen LogP contribution in [0.4, 0.5) is 0 Å². The summed E-state index contributed by atoms with van der Waals surface area (Å²) in [6.07, 6.45) is 1.56. The quantitative estimate of drug-likeness (QED) is 0.667. The summed E-state index contributed by atoms with van der Waals surface area (Å²) in [5.74, 6) is -0.0564. The molecule has 0 aliphatic rings. The predicted molar refractivity (Wildman–Crippen MR) is 92.9 cm³/mol. The van der Waals surface area contributed by atoms with Crippen LogP contribution in [0.15, 0.2) is 48.7 Å². The first-order chi connectivity index (χ1) is 12.6. The number of hydrogen-bond donors (Lipinski definition) is 2. The van der Waals surface area contributed by atoms with Gasteiger partial charge in [0.1, 0.15) is 12.4 Å². The number of hydrogen-bond acceptors (Lipinski definition) is 6. The fourth-order valence-corrected chi connectivity index (χ4v) is 2.39. The molecule has 2 aromatic heterocycles. The first kappa shape index (κ1) is 17.4. The van der Waals surface area contributed by atoms with Crippen LogP contribution in [0, 0.1) is 0 Å². The molecule has 0 saturated heterocycles. The number of carboxylic acid groups (broad SMARTS) is 1. The molecule has 2 N–H and O–H groups in total. The Kier molecular flexibility index (Phi) is 5.14. The van der Waals surface area contributed by atoms with Crippen LogP contribution in [-0.4, -0.2) is 51.3 Å². The molecule has 3 rings (SSSR count). The summed E-state index contributed by atoms with van der Waals surface area (Å²) >= 11 is 0. The van der Waals surface area contributed by atoms with Gasteiger partial charge >= 0.3 is 5.97 Å². The lowest BCUT2D eigenvalue weighted by atomic mass is 10.1. The second-order valence-corrected chi connectivity index (χ2v) is 5.29. The maximum Gasteiger partial charge on any atom is 0.356 e. The molecule has 0 aliphatic carbocycles. The Morgan fingerprint density at radius 2 is 1.96 bits per heavy atom. The molecule has 0 unspecified atom stereocenters. The van der Waals surface area contributed by atoms with Gasteiger partial charge < -0.3 is 19.7 Å². The molecule has 8 heteroatoms. The minimum absolute atomic E-state index is 0.0685. The third kappa shape index (κ3) is 3.65. The van der Waals surface area contributed by atoms with Crippen LogP contribution in [0.5, 0.6) is 11.6 Å². The summed E-state index contributed by atoms with van der Waals surface area (Å²) < 4.78 is 11.9. The van der Waals surface area contributed by atoms with Gasteiger partial charge in [-0.15, -0.1) is 0 Å². The van der Waals surface area contributed by atoms with Gasteiger partial charge in [-0.2, -0.15) is 5.10 Å². The number of aliphatic hydroxyl groups is 1. The molecule has 134 valence electrons. The van der Waals surface area contributed by atoms with E-state index in [0.717, 1.165) is 5.56 Å². The van der Waals surface area contributed by atoms with Gasteiger partial charge in [-0.1, -0.05) is 0 Å². The van der Waals surface area contributed by atoms with Crippen LogP contribution in [0.2, 0.25) is 0 Å². The lowest BCUT2D eigenvalue weighted by molar-refractivity contribution is 0.0690. The van der Waals surface area contributed by atoms with Crippen LogP contribution >= 0.6 is 0 Å². The van der Waals surface area contributed by atoms with Crippen LogP contribution in [0.1, 0.15) is 10.5 Å². The number of rotatable bonds is 7. The van der Waals surface area contributed by atoms with Crippen molar-refractivity contribution in [3.05, 3.63) is 54.4 Å². The number of aliphatic hydroxyl groups excluding tert-OH is 1. The number of pyridine rings is 1. The number of aromatic nitrogens is 3. The topological polar surface area (TPSA) is 107 Å². The van der Waals surface area contributed by atoms with Crippen molar-refractivity contribution >= 4 is 5.97 Å². The van der Waals surface area contributed by atoms with Crippen molar-refractivity contribution in [3.63, 3.8) is 0 Å². The van der Waals surface area contributed by atoms with Gasteiger partial charge in [0, 0.05) is 11.6 Å². The molecule has 8 nitrogen and oxygen atoms in total. The van der Waals surface area contributed by atoms with E-state index in [9.17, 15) is 9.90 Å². The summed E-state index contributed by atoms with van der Waals surface area (Å²) in [4.78, 5) is 15.5. The maximum absolute atomic E-state index is 11.3. The van der Waals surface area contributed by atoms with Crippen molar-refractivity contribution in [3.8, 4) is 28.6 Å². The fraction of sp³-hybridized carbons (Fsp3) is 0.167. The van der Waals surface area contributed by atoms with E-state index in [1.807, 2.05) is 0 Å². The van der Waals surface area contributed by atoms with Crippen molar-refractivity contribution in [2.75, 3.05) is 20.3 Å². The number of carbonyl (C=O) groups is 1. The average Bonchev–Trinajstić information content (AvgIpc) is 3.12. The normalized spacial score (nSPS) is 10.5. The molecule has 26 heavy (non-hydrogen) atoms. The highest BCUT2D eigenvalue weighted by Gasteiger charge is 2.16. The van der Waals surface area contributed by atoms with Gasteiger partial charge in [0.15, 0.2) is 5.69 Å². The SMILES string of the molecule is COc1ccc(-n2nc(C(=O)O)cc2-c2ccc(OCCO)cc2)cn1. The van der Waals surface area contributed by atoms with Gasteiger partial charge in [-0.3, -0.25) is 0 Å². The van der Waals surface area contributed by atoms with E-state index in [1.54, 1.807) is 42.6 Å². The molecule has 2 heterocycles. The van der Waals surface area contributed by atoms with Crippen LogP contribution in [0.25, 0.3) is 16.9 Å². The predicted octanol–water partition coefficient (Wildman–Crippen LogP) is 2.01. The Labute approximate surface area is 149 Å². The number of ether oxygens (including phenoxy) is 2. The van der Waals surface area contributed by atoms with E-state index in [-0.39, 0.29) is 18.9 Å². The van der Waals surface area contributed by atoms with Crippen LogP contribution in [0.3, 0.4) is 0 Å². The van der Waals surface area contributed by atoms with Gasteiger partial charge in [0.2, 0.25) is 5.88 Å². The van der Waals surface area contributed by atoms with Crippen molar-refractivity contribution < 1.29 is 24.5 Å². The van der Waals surface area contributed by atoms with Crippen molar-refractivity contribution in [2.24, 2.45) is 0 Å². The number of aromatic carboxylic acids is 1. The highest BCUT2D eigenvalue weighted by atomic mass is 16.5. The lowest BCUT2D eigenvalue weighted by Gasteiger charge is -2.09. The number of benzene rings is 1. The third-order valence-electron chi connectivity index (χ3n) is 3.61. The molecule has 0 bridgehead atoms.